The number of carbonyl (C=O) groups excluding carboxylic acids is 1. The minimum atomic E-state index is -0.685. The number of nitrogens with one attached hydrogen (secondary N) is 1. The van der Waals surface area contributed by atoms with E-state index in [1.54, 1.807) is 12.1 Å². The molecule has 0 radical (unpaired) electrons. The summed E-state index contributed by atoms with van der Waals surface area (Å²) in [6, 6.07) is 7.25. The maximum Gasteiger partial charge on any atom is 0.264 e. The van der Waals surface area contributed by atoms with E-state index in [2.05, 4.69) is 10.2 Å². The van der Waals surface area contributed by atoms with Gasteiger partial charge in [0, 0.05) is 13.1 Å². The van der Waals surface area contributed by atoms with Gasteiger partial charge in [0.1, 0.15) is 6.61 Å². The molecule has 0 saturated heterocycles. The van der Waals surface area contributed by atoms with Crippen molar-refractivity contribution < 1.29 is 19.4 Å². The van der Waals surface area contributed by atoms with Crippen LogP contribution in [0, 0.1) is 0 Å². The highest BCUT2D eigenvalue weighted by Crippen LogP contribution is 2.30. The van der Waals surface area contributed by atoms with Crippen LogP contribution >= 0.6 is 0 Å². The van der Waals surface area contributed by atoms with Crippen molar-refractivity contribution in [3.05, 3.63) is 24.3 Å². The number of para-hydroxylation sites is 2. The zero-order valence-electron chi connectivity index (χ0n) is 13.1. The maximum absolute atomic E-state index is 12.1. The van der Waals surface area contributed by atoms with Crippen molar-refractivity contribution in [2.45, 2.75) is 26.1 Å². The number of nitrogens with zero attached hydrogens (tertiary/aromatic N) is 1. The largest absolute Gasteiger partial charge is 0.485 e. The Morgan fingerprint density at radius 2 is 2.05 bits per heavy atom. The molecule has 2 atom stereocenters. The average molecular weight is 308 g/mol. The lowest BCUT2D eigenvalue weighted by atomic mass is 10.2. The molecule has 2 N–H and O–H groups in total. The number of likely N-dealkylation sites (N-methyl/N-ethyl adjacent to an activating group) is 1. The van der Waals surface area contributed by atoms with Crippen LogP contribution in [-0.4, -0.2) is 60.9 Å². The van der Waals surface area contributed by atoms with Crippen LogP contribution in [0.1, 0.15) is 13.8 Å². The van der Waals surface area contributed by atoms with Gasteiger partial charge >= 0.3 is 0 Å². The molecule has 6 nitrogen and oxygen atoms in total. The molecule has 0 saturated carbocycles. The van der Waals surface area contributed by atoms with Crippen molar-refractivity contribution in [1.29, 1.82) is 0 Å². The molecule has 1 heterocycles. The molecule has 22 heavy (non-hydrogen) atoms. The van der Waals surface area contributed by atoms with Crippen LogP contribution in [0.3, 0.4) is 0 Å². The van der Waals surface area contributed by atoms with Gasteiger partial charge in [-0.05, 0) is 25.2 Å². The fourth-order valence-electron chi connectivity index (χ4n) is 2.33. The molecule has 1 aliphatic heterocycles. The number of aliphatic hydroxyl groups is 1. The number of carbonyl (C=O) groups is 1. The molecule has 1 aromatic carbocycles. The number of benzene rings is 1. The highest BCUT2D eigenvalue weighted by molar-refractivity contribution is 5.81. The van der Waals surface area contributed by atoms with Gasteiger partial charge in [-0.15, -0.1) is 0 Å². The van der Waals surface area contributed by atoms with Gasteiger partial charge in [-0.3, -0.25) is 4.79 Å². The summed E-state index contributed by atoms with van der Waals surface area (Å²) >= 11 is 0. The molecule has 1 aromatic rings. The molecular formula is C16H24N2O4. The van der Waals surface area contributed by atoms with Gasteiger partial charge in [-0.25, -0.2) is 0 Å². The number of hydrogen-bond acceptors (Lipinski definition) is 5. The molecule has 1 amide bonds. The molecule has 0 bridgehead atoms. The lowest BCUT2D eigenvalue weighted by Crippen LogP contribution is -2.47. The van der Waals surface area contributed by atoms with Gasteiger partial charge in [0.05, 0.1) is 6.10 Å². The zero-order chi connectivity index (χ0) is 15.9. The van der Waals surface area contributed by atoms with Crippen LogP contribution in [0.15, 0.2) is 24.3 Å². The second kappa shape index (κ2) is 8.00. The summed E-state index contributed by atoms with van der Waals surface area (Å²) in [6.07, 6.45) is -1.28. The Kier molecular flexibility index (Phi) is 6.03. The first-order valence-electron chi connectivity index (χ1n) is 7.70. The number of amides is 1. The first kappa shape index (κ1) is 16.6. The third-order valence-electron chi connectivity index (χ3n) is 3.68. The summed E-state index contributed by atoms with van der Waals surface area (Å²) < 4.78 is 11.1. The average Bonchev–Trinajstić information content (AvgIpc) is 2.57. The summed E-state index contributed by atoms with van der Waals surface area (Å²) in [7, 11) is 0. The highest BCUT2D eigenvalue weighted by atomic mass is 16.6. The molecule has 0 unspecified atom stereocenters. The third-order valence-corrected chi connectivity index (χ3v) is 3.68. The van der Waals surface area contributed by atoms with Crippen LogP contribution in [0.5, 0.6) is 11.5 Å². The van der Waals surface area contributed by atoms with Crippen LogP contribution in [0.2, 0.25) is 0 Å². The molecule has 2 rings (SSSR count). The van der Waals surface area contributed by atoms with E-state index in [0.29, 0.717) is 18.0 Å². The fourth-order valence-corrected chi connectivity index (χ4v) is 2.33. The van der Waals surface area contributed by atoms with E-state index >= 15 is 0 Å². The van der Waals surface area contributed by atoms with E-state index in [1.807, 2.05) is 26.0 Å². The van der Waals surface area contributed by atoms with E-state index < -0.39 is 12.2 Å². The van der Waals surface area contributed by atoms with Gasteiger partial charge in [0.25, 0.3) is 5.91 Å². The fraction of sp³-hybridized carbons (Fsp3) is 0.562. The van der Waals surface area contributed by atoms with Crippen LogP contribution in [0.4, 0.5) is 0 Å². The van der Waals surface area contributed by atoms with Gasteiger partial charge in [-0.2, -0.15) is 0 Å². The van der Waals surface area contributed by atoms with Crippen molar-refractivity contribution in [3.8, 4) is 11.5 Å². The van der Waals surface area contributed by atoms with E-state index in [-0.39, 0.29) is 19.1 Å². The predicted molar refractivity (Wildman–Crippen MR) is 83.2 cm³/mol. The second-order valence-corrected chi connectivity index (χ2v) is 5.25. The number of aliphatic hydroxyl groups excluding tert-OH is 1. The summed E-state index contributed by atoms with van der Waals surface area (Å²) in [4.78, 5) is 14.2. The van der Waals surface area contributed by atoms with Crippen LogP contribution < -0.4 is 14.8 Å². The summed E-state index contributed by atoms with van der Waals surface area (Å²) in [5, 5.41) is 12.7. The number of ether oxygens (including phenoxy) is 2. The number of rotatable bonds is 7. The summed E-state index contributed by atoms with van der Waals surface area (Å²) in [6.45, 7) is 6.75. The van der Waals surface area contributed by atoms with E-state index in [0.717, 1.165) is 13.1 Å². The van der Waals surface area contributed by atoms with Gasteiger partial charge in [0.15, 0.2) is 11.5 Å². The Morgan fingerprint density at radius 3 is 2.73 bits per heavy atom. The lowest BCUT2D eigenvalue weighted by molar-refractivity contribution is -0.130. The van der Waals surface area contributed by atoms with E-state index in [9.17, 15) is 9.90 Å². The van der Waals surface area contributed by atoms with Crippen molar-refractivity contribution in [1.82, 2.24) is 10.2 Å². The molecule has 1 aliphatic rings. The first-order chi connectivity index (χ1) is 10.6. The molecule has 0 spiro atoms. The Hall–Kier alpha value is -1.79. The Bertz CT molecular complexity index is 491. The Balaban J connectivity index is 1.79. The summed E-state index contributed by atoms with van der Waals surface area (Å²) in [5.41, 5.74) is 0. The Labute approximate surface area is 131 Å². The topological polar surface area (TPSA) is 71.0 Å². The van der Waals surface area contributed by atoms with Gasteiger partial charge in [-0.1, -0.05) is 26.0 Å². The predicted octanol–water partition coefficient (Wildman–Crippen LogP) is 0.645. The highest BCUT2D eigenvalue weighted by Gasteiger charge is 2.27. The minimum Gasteiger partial charge on any atom is -0.485 e. The minimum absolute atomic E-state index is 0.176. The van der Waals surface area contributed by atoms with E-state index in [4.69, 9.17) is 9.47 Å². The van der Waals surface area contributed by atoms with E-state index in [1.165, 1.54) is 0 Å². The first-order valence-corrected chi connectivity index (χ1v) is 7.70. The van der Waals surface area contributed by atoms with Crippen molar-refractivity contribution in [2.75, 3.05) is 32.8 Å². The smallest absolute Gasteiger partial charge is 0.264 e. The standard InChI is InChI=1S/C16H24N2O4/c1-3-18(4-2)10-12(19)9-17-16(20)15-11-21-13-7-5-6-8-14(13)22-15/h5-8,12,15,19H,3-4,9-11H2,1-2H3,(H,17,20)/t12-,15+/m1/s1. The Morgan fingerprint density at radius 1 is 1.36 bits per heavy atom. The van der Waals surface area contributed by atoms with Crippen molar-refractivity contribution >= 4 is 5.91 Å². The quantitative estimate of drug-likeness (QED) is 0.774. The monoisotopic (exact) mass is 308 g/mol. The SMILES string of the molecule is CCN(CC)C[C@H](O)CNC(=O)[C@@H]1COc2ccccc2O1. The van der Waals surface area contributed by atoms with Crippen molar-refractivity contribution in [3.63, 3.8) is 0 Å². The molecule has 122 valence electrons. The summed E-state index contributed by atoms with van der Waals surface area (Å²) in [5.74, 6) is 0.943. The molecule has 6 heteroatoms. The van der Waals surface area contributed by atoms with Gasteiger partial charge in [0.2, 0.25) is 6.10 Å². The maximum atomic E-state index is 12.1. The number of hydrogen-bond donors (Lipinski definition) is 2. The molecular weight excluding hydrogens is 284 g/mol. The normalized spacial score (nSPS) is 18.1. The molecule has 0 fully saturated rings. The second-order valence-electron chi connectivity index (χ2n) is 5.25. The third kappa shape index (κ3) is 4.35. The zero-order valence-corrected chi connectivity index (χ0v) is 13.1. The molecule has 0 aromatic heterocycles. The lowest BCUT2D eigenvalue weighted by Gasteiger charge is -2.26. The molecule has 0 aliphatic carbocycles. The van der Waals surface area contributed by atoms with Gasteiger partial charge < -0.3 is 24.8 Å². The number of fused-ring (bicyclic) bond motifs is 1. The van der Waals surface area contributed by atoms with Crippen LogP contribution in [0.25, 0.3) is 0 Å². The van der Waals surface area contributed by atoms with Crippen molar-refractivity contribution in [2.24, 2.45) is 0 Å². The van der Waals surface area contributed by atoms with Crippen LogP contribution in [-0.2, 0) is 4.79 Å².